The Balaban J connectivity index is 1.24. The molecule has 7 heteroatoms. The second-order valence-corrected chi connectivity index (χ2v) is 8.27. The number of benzene rings is 1. The third-order valence-corrected chi connectivity index (χ3v) is 5.92. The quantitative estimate of drug-likeness (QED) is 0.641. The van der Waals surface area contributed by atoms with Crippen LogP contribution in [0, 0.1) is 0 Å². The van der Waals surface area contributed by atoms with E-state index < -0.39 is 0 Å². The van der Waals surface area contributed by atoms with E-state index in [0.717, 1.165) is 59.9 Å². The molecule has 0 bridgehead atoms. The number of aromatic nitrogens is 4. The van der Waals surface area contributed by atoms with Gasteiger partial charge in [-0.3, -0.25) is 19.3 Å². The van der Waals surface area contributed by atoms with E-state index in [1.54, 1.807) is 4.68 Å². The number of fused-ring (bicyclic) bond motifs is 1. The number of rotatable bonds is 6. The third kappa shape index (κ3) is 4.21. The minimum Gasteiger partial charge on any atom is -0.298 e. The van der Waals surface area contributed by atoms with E-state index in [2.05, 4.69) is 31.2 Å². The normalized spacial score (nSPS) is 18.4. The number of carbonyl (C=O) groups excluding carboxylic acids is 1. The highest BCUT2D eigenvalue weighted by molar-refractivity contribution is 5.86. The SMILES string of the molecule is Cn1cc(-c2ccc3nnc(CC(=O)CN4CCN(C5CC5)CC4)cc3c2)cn1. The average Bonchev–Trinajstić information content (AvgIpc) is 3.48. The molecule has 29 heavy (non-hydrogen) atoms. The van der Waals surface area contributed by atoms with Crippen LogP contribution in [0.25, 0.3) is 22.0 Å². The summed E-state index contributed by atoms with van der Waals surface area (Å²) in [4.78, 5) is 17.4. The molecule has 7 nitrogen and oxygen atoms in total. The van der Waals surface area contributed by atoms with E-state index >= 15 is 0 Å². The van der Waals surface area contributed by atoms with Crippen LogP contribution < -0.4 is 0 Å². The fourth-order valence-electron chi connectivity index (χ4n) is 4.16. The van der Waals surface area contributed by atoms with Gasteiger partial charge < -0.3 is 0 Å². The average molecular weight is 390 g/mol. The van der Waals surface area contributed by atoms with Gasteiger partial charge in [0.15, 0.2) is 5.78 Å². The van der Waals surface area contributed by atoms with E-state index in [4.69, 9.17) is 0 Å². The van der Waals surface area contributed by atoms with Crippen molar-refractivity contribution in [2.75, 3.05) is 32.7 Å². The van der Waals surface area contributed by atoms with E-state index in [0.29, 0.717) is 13.0 Å². The molecule has 0 N–H and O–H groups in total. The van der Waals surface area contributed by atoms with E-state index in [1.807, 2.05) is 37.6 Å². The van der Waals surface area contributed by atoms with E-state index in [1.165, 1.54) is 12.8 Å². The van der Waals surface area contributed by atoms with Crippen molar-refractivity contribution in [1.82, 2.24) is 29.8 Å². The summed E-state index contributed by atoms with van der Waals surface area (Å²) in [6.07, 6.45) is 6.87. The van der Waals surface area contributed by atoms with Crippen LogP contribution in [-0.4, -0.2) is 74.3 Å². The summed E-state index contributed by atoms with van der Waals surface area (Å²) in [5.74, 6) is 0.210. The molecular formula is C22H26N6O. The number of aryl methyl sites for hydroxylation is 1. The molecule has 1 saturated carbocycles. The molecule has 0 amide bonds. The highest BCUT2D eigenvalue weighted by Gasteiger charge is 2.31. The first-order valence-corrected chi connectivity index (χ1v) is 10.4. The lowest BCUT2D eigenvalue weighted by molar-refractivity contribution is -0.120. The summed E-state index contributed by atoms with van der Waals surface area (Å²) >= 11 is 0. The highest BCUT2D eigenvalue weighted by Crippen LogP contribution is 2.27. The molecule has 2 fully saturated rings. The zero-order valence-electron chi connectivity index (χ0n) is 16.8. The topological polar surface area (TPSA) is 67.2 Å². The molecule has 1 aliphatic heterocycles. The molecule has 2 aliphatic rings. The molecular weight excluding hydrogens is 364 g/mol. The molecule has 1 aliphatic carbocycles. The standard InChI is InChI=1S/C22H26N6O/c1-26-14-18(13-23-26)16-2-5-22-17(10-16)11-19(24-25-22)12-21(29)15-27-6-8-28(9-7-27)20-3-4-20/h2,5,10-11,13-14,20H,3-4,6-9,12,15H2,1H3. The molecule has 0 spiro atoms. The van der Waals surface area contributed by atoms with Crippen LogP contribution in [0.4, 0.5) is 0 Å². The van der Waals surface area contributed by atoms with Crippen LogP contribution in [0.5, 0.6) is 0 Å². The summed E-state index contributed by atoms with van der Waals surface area (Å²) < 4.78 is 1.79. The van der Waals surface area contributed by atoms with Gasteiger partial charge in [0.05, 0.1) is 30.4 Å². The van der Waals surface area contributed by atoms with Crippen LogP contribution in [0.2, 0.25) is 0 Å². The first-order chi connectivity index (χ1) is 14.1. The van der Waals surface area contributed by atoms with Crippen LogP contribution in [0.15, 0.2) is 36.7 Å². The molecule has 2 aromatic heterocycles. The first kappa shape index (κ1) is 18.4. The number of nitrogens with zero attached hydrogens (tertiary/aromatic N) is 6. The van der Waals surface area contributed by atoms with Gasteiger partial charge in [0.2, 0.25) is 0 Å². The second-order valence-electron chi connectivity index (χ2n) is 8.27. The lowest BCUT2D eigenvalue weighted by Crippen LogP contribution is -2.48. The maximum absolute atomic E-state index is 12.6. The van der Waals surface area contributed by atoms with Crippen LogP contribution >= 0.6 is 0 Å². The number of ketones is 1. The monoisotopic (exact) mass is 390 g/mol. The predicted octanol–water partition coefficient (Wildman–Crippen LogP) is 1.92. The van der Waals surface area contributed by atoms with Crippen molar-refractivity contribution in [3.8, 4) is 11.1 Å². The minimum absolute atomic E-state index is 0.210. The summed E-state index contributed by atoms with van der Waals surface area (Å²) in [5.41, 5.74) is 3.73. The van der Waals surface area contributed by atoms with Crippen molar-refractivity contribution in [2.45, 2.75) is 25.3 Å². The van der Waals surface area contributed by atoms with E-state index in [-0.39, 0.29) is 5.78 Å². The van der Waals surface area contributed by atoms with Crippen molar-refractivity contribution < 1.29 is 4.79 Å². The Morgan fingerprint density at radius 2 is 1.90 bits per heavy atom. The molecule has 3 heterocycles. The van der Waals surface area contributed by atoms with Gasteiger partial charge in [-0.1, -0.05) is 6.07 Å². The zero-order chi connectivity index (χ0) is 19.8. The smallest absolute Gasteiger partial charge is 0.152 e. The second kappa shape index (κ2) is 7.65. The molecule has 5 rings (SSSR count). The van der Waals surface area contributed by atoms with Crippen molar-refractivity contribution in [3.05, 3.63) is 42.4 Å². The molecule has 0 radical (unpaired) electrons. The van der Waals surface area contributed by atoms with Crippen LogP contribution in [-0.2, 0) is 18.3 Å². The van der Waals surface area contributed by atoms with Crippen LogP contribution in [0.1, 0.15) is 18.5 Å². The van der Waals surface area contributed by atoms with Gasteiger partial charge in [-0.05, 0) is 36.6 Å². The number of carbonyl (C=O) groups is 1. The number of hydrogen-bond acceptors (Lipinski definition) is 6. The molecule has 0 atom stereocenters. The third-order valence-electron chi connectivity index (χ3n) is 5.92. The lowest BCUT2D eigenvalue weighted by Gasteiger charge is -2.34. The van der Waals surface area contributed by atoms with Crippen molar-refractivity contribution in [1.29, 1.82) is 0 Å². The fraction of sp³-hybridized carbons (Fsp3) is 0.455. The summed E-state index contributed by atoms with van der Waals surface area (Å²) in [7, 11) is 1.91. The lowest BCUT2D eigenvalue weighted by atomic mass is 10.1. The number of Topliss-reactive ketones (excluding diaryl/α,β-unsaturated/α-hetero) is 1. The van der Waals surface area contributed by atoms with Gasteiger partial charge in [0.25, 0.3) is 0 Å². The Labute approximate surface area is 170 Å². The van der Waals surface area contributed by atoms with E-state index in [9.17, 15) is 4.79 Å². The Morgan fingerprint density at radius 1 is 1.07 bits per heavy atom. The maximum atomic E-state index is 12.6. The first-order valence-electron chi connectivity index (χ1n) is 10.4. The number of hydrogen-bond donors (Lipinski definition) is 0. The van der Waals surface area contributed by atoms with Gasteiger partial charge in [-0.25, -0.2) is 0 Å². The van der Waals surface area contributed by atoms with Gasteiger partial charge in [-0.2, -0.15) is 15.3 Å². The van der Waals surface area contributed by atoms with Gasteiger partial charge >= 0.3 is 0 Å². The summed E-state index contributed by atoms with van der Waals surface area (Å²) in [6.45, 7) is 4.66. The predicted molar refractivity (Wildman–Crippen MR) is 111 cm³/mol. The largest absolute Gasteiger partial charge is 0.298 e. The molecule has 1 saturated heterocycles. The van der Waals surface area contributed by atoms with Crippen molar-refractivity contribution in [3.63, 3.8) is 0 Å². The molecule has 0 unspecified atom stereocenters. The molecule has 1 aromatic carbocycles. The Hall–Kier alpha value is -2.64. The van der Waals surface area contributed by atoms with Gasteiger partial charge in [0, 0.05) is 56.4 Å². The zero-order valence-corrected chi connectivity index (χ0v) is 16.8. The maximum Gasteiger partial charge on any atom is 0.152 e. The summed E-state index contributed by atoms with van der Waals surface area (Å²) in [6, 6.07) is 8.89. The molecule has 3 aromatic rings. The summed E-state index contributed by atoms with van der Waals surface area (Å²) in [5, 5.41) is 13.8. The molecule has 150 valence electrons. The number of piperazine rings is 1. The Bertz CT molecular complexity index is 1030. The van der Waals surface area contributed by atoms with Crippen molar-refractivity contribution in [2.24, 2.45) is 7.05 Å². The highest BCUT2D eigenvalue weighted by atomic mass is 16.1. The fourth-order valence-corrected chi connectivity index (χ4v) is 4.16. The van der Waals surface area contributed by atoms with Crippen molar-refractivity contribution >= 4 is 16.7 Å². The van der Waals surface area contributed by atoms with Gasteiger partial charge in [-0.15, -0.1) is 0 Å². The Morgan fingerprint density at radius 3 is 2.62 bits per heavy atom. The van der Waals surface area contributed by atoms with Gasteiger partial charge in [0.1, 0.15) is 0 Å². The minimum atomic E-state index is 0.210. The Kier molecular flexibility index (Phi) is 4.85. The van der Waals surface area contributed by atoms with Crippen LogP contribution in [0.3, 0.4) is 0 Å².